The lowest BCUT2D eigenvalue weighted by molar-refractivity contribution is 0.0949. The molecule has 0 spiro atoms. The first-order valence-electron chi connectivity index (χ1n) is 8.73. The lowest BCUT2D eigenvalue weighted by Gasteiger charge is -2.14. The fraction of sp³-hybridized carbons (Fsp3) is 0.300. The van der Waals surface area contributed by atoms with Crippen molar-refractivity contribution in [3.8, 4) is 0 Å². The van der Waals surface area contributed by atoms with Gasteiger partial charge in [0.1, 0.15) is 5.65 Å². The van der Waals surface area contributed by atoms with E-state index >= 15 is 0 Å². The summed E-state index contributed by atoms with van der Waals surface area (Å²) in [5.74, 6) is 0.385. The van der Waals surface area contributed by atoms with E-state index in [0.29, 0.717) is 12.5 Å². The fourth-order valence-electron chi connectivity index (χ4n) is 3.49. The number of hydrogen-bond acceptors (Lipinski definition) is 3. The van der Waals surface area contributed by atoms with Gasteiger partial charge >= 0.3 is 0 Å². The quantitative estimate of drug-likeness (QED) is 0.771. The first-order valence-corrected chi connectivity index (χ1v) is 8.73. The zero-order chi connectivity index (χ0) is 17.2. The Kier molecular flexibility index (Phi) is 4.24. The SMILES string of the molecule is Cc1ccc2nc(CNC(=O)c3ccccc3[C@@H]3CCNC3)cn2c1. The third-order valence-corrected chi connectivity index (χ3v) is 4.78. The molecule has 5 nitrogen and oxygen atoms in total. The summed E-state index contributed by atoms with van der Waals surface area (Å²) in [4.78, 5) is 17.3. The van der Waals surface area contributed by atoms with Crippen molar-refractivity contribution in [3.05, 3.63) is 71.2 Å². The van der Waals surface area contributed by atoms with Gasteiger partial charge in [-0.2, -0.15) is 0 Å². The molecule has 0 unspecified atom stereocenters. The van der Waals surface area contributed by atoms with Crippen molar-refractivity contribution in [2.75, 3.05) is 13.1 Å². The van der Waals surface area contributed by atoms with Crippen molar-refractivity contribution in [2.45, 2.75) is 25.8 Å². The summed E-state index contributed by atoms with van der Waals surface area (Å²) < 4.78 is 2.00. The maximum absolute atomic E-state index is 12.7. The van der Waals surface area contributed by atoms with Crippen molar-refractivity contribution in [1.82, 2.24) is 20.0 Å². The Labute approximate surface area is 147 Å². The van der Waals surface area contributed by atoms with Crippen LogP contribution in [0.2, 0.25) is 0 Å². The van der Waals surface area contributed by atoms with Crippen LogP contribution >= 0.6 is 0 Å². The molecule has 1 aliphatic heterocycles. The van der Waals surface area contributed by atoms with Crippen LogP contribution in [0.1, 0.15) is 39.5 Å². The molecule has 0 saturated carbocycles. The van der Waals surface area contributed by atoms with Gasteiger partial charge in [0.05, 0.1) is 12.2 Å². The minimum Gasteiger partial charge on any atom is -0.346 e. The summed E-state index contributed by atoms with van der Waals surface area (Å²) in [6.07, 6.45) is 5.08. The normalized spacial score (nSPS) is 17.1. The number of aromatic nitrogens is 2. The van der Waals surface area contributed by atoms with Crippen LogP contribution in [0.4, 0.5) is 0 Å². The van der Waals surface area contributed by atoms with Gasteiger partial charge in [0.25, 0.3) is 5.91 Å². The van der Waals surface area contributed by atoms with Gasteiger partial charge in [0, 0.05) is 24.5 Å². The lowest BCUT2D eigenvalue weighted by atomic mass is 9.93. The number of nitrogens with zero attached hydrogens (tertiary/aromatic N) is 2. The van der Waals surface area contributed by atoms with Crippen LogP contribution in [-0.4, -0.2) is 28.4 Å². The average molecular weight is 334 g/mol. The molecule has 0 radical (unpaired) electrons. The number of carbonyl (C=O) groups is 1. The molecule has 0 bridgehead atoms. The van der Waals surface area contributed by atoms with Gasteiger partial charge in [-0.05, 0) is 49.1 Å². The second kappa shape index (κ2) is 6.69. The van der Waals surface area contributed by atoms with Crippen molar-refractivity contribution in [3.63, 3.8) is 0 Å². The largest absolute Gasteiger partial charge is 0.346 e. The highest BCUT2D eigenvalue weighted by Gasteiger charge is 2.21. The number of imidazole rings is 1. The molecule has 1 fully saturated rings. The summed E-state index contributed by atoms with van der Waals surface area (Å²) in [5.41, 5.74) is 4.84. The molecule has 0 aliphatic carbocycles. The molecule has 1 amide bonds. The van der Waals surface area contributed by atoms with Gasteiger partial charge in [-0.25, -0.2) is 4.98 Å². The molecular formula is C20H22N4O. The minimum atomic E-state index is -0.0317. The maximum atomic E-state index is 12.7. The standard InChI is InChI=1S/C20H22N4O/c1-14-6-7-19-23-16(13-24(19)12-14)11-22-20(25)18-5-3-2-4-17(18)15-8-9-21-10-15/h2-7,12-13,15,21H,8-11H2,1H3,(H,22,25)/t15-/m1/s1. The van der Waals surface area contributed by atoms with Gasteiger partial charge in [-0.1, -0.05) is 24.3 Å². The van der Waals surface area contributed by atoms with Crippen LogP contribution in [-0.2, 0) is 6.54 Å². The van der Waals surface area contributed by atoms with E-state index in [-0.39, 0.29) is 5.91 Å². The molecule has 3 heterocycles. The first kappa shape index (κ1) is 15.8. The molecule has 2 N–H and O–H groups in total. The van der Waals surface area contributed by atoms with Crippen molar-refractivity contribution in [1.29, 1.82) is 0 Å². The van der Waals surface area contributed by atoms with E-state index in [9.17, 15) is 4.79 Å². The zero-order valence-corrected chi connectivity index (χ0v) is 14.3. The van der Waals surface area contributed by atoms with Crippen LogP contribution in [0.25, 0.3) is 5.65 Å². The Morgan fingerprint density at radius 2 is 2.16 bits per heavy atom. The highest BCUT2D eigenvalue weighted by atomic mass is 16.1. The van der Waals surface area contributed by atoms with Crippen molar-refractivity contribution < 1.29 is 4.79 Å². The number of benzene rings is 1. The summed E-state index contributed by atoms with van der Waals surface area (Å²) in [6.45, 7) is 4.43. The van der Waals surface area contributed by atoms with Gasteiger partial charge in [-0.3, -0.25) is 4.79 Å². The molecule has 1 aliphatic rings. The molecule has 2 aromatic heterocycles. The predicted octanol–water partition coefficient (Wildman–Crippen LogP) is 2.65. The Bertz CT molecular complexity index is 909. The summed E-state index contributed by atoms with van der Waals surface area (Å²) in [7, 11) is 0. The van der Waals surface area contributed by atoms with Crippen LogP contribution in [0.15, 0.2) is 48.8 Å². The van der Waals surface area contributed by atoms with Crippen LogP contribution in [0, 0.1) is 6.92 Å². The number of rotatable bonds is 4. The van der Waals surface area contributed by atoms with E-state index in [0.717, 1.165) is 42.0 Å². The smallest absolute Gasteiger partial charge is 0.251 e. The summed E-state index contributed by atoms with van der Waals surface area (Å²) in [6, 6.07) is 11.9. The van der Waals surface area contributed by atoms with E-state index in [1.807, 2.05) is 47.1 Å². The van der Waals surface area contributed by atoms with Gasteiger partial charge in [-0.15, -0.1) is 0 Å². The molecular weight excluding hydrogens is 312 g/mol. The van der Waals surface area contributed by atoms with E-state index in [1.165, 1.54) is 5.56 Å². The average Bonchev–Trinajstić information content (AvgIpc) is 3.28. The third-order valence-electron chi connectivity index (χ3n) is 4.78. The molecule has 1 atom stereocenters. The number of hydrogen-bond donors (Lipinski definition) is 2. The highest BCUT2D eigenvalue weighted by Crippen LogP contribution is 2.25. The number of carbonyl (C=O) groups excluding carboxylic acids is 1. The molecule has 1 aromatic carbocycles. The molecule has 128 valence electrons. The predicted molar refractivity (Wildman–Crippen MR) is 97.8 cm³/mol. The number of pyridine rings is 1. The fourth-order valence-corrected chi connectivity index (χ4v) is 3.49. The third kappa shape index (κ3) is 3.28. The monoisotopic (exact) mass is 334 g/mol. The number of aryl methyl sites for hydroxylation is 1. The second-order valence-corrected chi connectivity index (χ2v) is 6.66. The maximum Gasteiger partial charge on any atom is 0.251 e. The minimum absolute atomic E-state index is 0.0317. The Hall–Kier alpha value is -2.66. The molecule has 4 rings (SSSR count). The van der Waals surface area contributed by atoms with Crippen LogP contribution in [0.3, 0.4) is 0 Å². The Morgan fingerprint density at radius 1 is 1.28 bits per heavy atom. The topological polar surface area (TPSA) is 58.4 Å². The van der Waals surface area contributed by atoms with Crippen LogP contribution in [0.5, 0.6) is 0 Å². The second-order valence-electron chi connectivity index (χ2n) is 6.66. The number of fused-ring (bicyclic) bond motifs is 1. The van der Waals surface area contributed by atoms with Gasteiger partial charge < -0.3 is 15.0 Å². The Morgan fingerprint density at radius 3 is 3.00 bits per heavy atom. The van der Waals surface area contributed by atoms with Crippen molar-refractivity contribution >= 4 is 11.6 Å². The zero-order valence-electron chi connectivity index (χ0n) is 14.3. The number of nitrogens with one attached hydrogen (secondary N) is 2. The Balaban J connectivity index is 1.50. The summed E-state index contributed by atoms with van der Waals surface area (Å²) >= 11 is 0. The molecule has 1 saturated heterocycles. The first-order chi connectivity index (χ1) is 12.2. The summed E-state index contributed by atoms with van der Waals surface area (Å²) in [5, 5.41) is 6.39. The number of amides is 1. The van der Waals surface area contributed by atoms with E-state index in [1.54, 1.807) is 0 Å². The van der Waals surface area contributed by atoms with E-state index in [2.05, 4.69) is 28.6 Å². The van der Waals surface area contributed by atoms with Crippen LogP contribution < -0.4 is 10.6 Å². The van der Waals surface area contributed by atoms with E-state index in [4.69, 9.17) is 0 Å². The van der Waals surface area contributed by atoms with E-state index < -0.39 is 0 Å². The molecule has 25 heavy (non-hydrogen) atoms. The van der Waals surface area contributed by atoms with Gasteiger partial charge in [0.15, 0.2) is 0 Å². The molecule has 3 aromatic rings. The highest BCUT2D eigenvalue weighted by molar-refractivity contribution is 5.95. The molecule has 5 heteroatoms. The van der Waals surface area contributed by atoms with Gasteiger partial charge in [0.2, 0.25) is 0 Å². The van der Waals surface area contributed by atoms with Crippen molar-refractivity contribution in [2.24, 2.45) is 0 Å². The lowest BCUT2D eigenvalue weighted by Crippen LogP contribution is -2.25.